The van der Waals surface area contributed by atoms with Gasteiger partial charge in [0.05, 0.1) is 12.7 Å². The molecule has 1 amide bonds. The minimum atomic E-state index is -0.0635. The molecule has 4 heteroatoms. The zero-order chi connectivity index (χ0) is 15.7. The Bertz CT molecular complexity index is 440. The lowest BCUT2D eigenvalue weighted by molar-refractivity contribution is 0.0695. The molecule has 0 aliphatic carbocycles. The SMILES string of the molecule is CC.CCc1ccc(C(=O)NC2CCOCC2)c(OC)c1. The minimum absolute atomic E-state index is 0.0635. The molecule has 0 radical (unpaired) electrons. The van der Waals surface area contributed by atoms with Gasteiger partial charge in [0.15, 0.2) is 0 Å². The van der Waals surface area contributed by atoms with Gasteiger partial charge in [0, 0.05) is 19.3 Å². The molecule has 0 spiro atoms. The van der Waals surface area contributed by atoms with Crippen molar-refractivity contribution in [3.8, 4) is 5.75 Å². The molecule has 21 heavy (non-hydrogen) atoms. The van der Waals surface area contributed by atoms with Crippen LogP contribution in [0.2, 0.25) is 0 Å². The molecule has 0 bridgehead atoms. The molecule has 1 aromatic carbocycles. The molecule has 0 saturated carbocycles. The lowest BCUT2D eigenvalue weighted by Gasteiger charge is -2.23. The average molecular weight is 293 g/mol. The predicted octanol–water partition coefficient (Wildman–Crippen LogP) is 3.19. The summed E-state index contributed by atoms with van der Waals surface area (Å²) < 4.78 is 10.6. The summed E-state index contributed by atoms with van der Waals surface area (Å²) in [6, 6.07) is 5.95. The second-order valence-electron chi connectivity index (χ2n) is 4.75. The molecule has 0 aromatic heterocycles. The highest BCUT2D eigenvalue weighted by Gasteiger charge is 2.19. The Morgan fingerprint density at radius 3 is 2.57 bits per heavy atom. The fourth-order valence-electron chi connectivity index (χ4n) is 2.25. The average Bonchev–Trinajstić information content (AvgIpc) is 2.56. The Labute approximate surface area is 127 Å². The lowest BCUT2D eigenvalue weighted by Crippen LogP contribution is -2.39. The third kappa shape index (κ3) is 5.05. The molecule has 0 unspecified atom stereocenters. The molecule has 1 aromatic rings. The van der Waals surface area contributed by atoms with Gasteiger partial charge in [0.25, 0.3) is 5.91 Å². The predicted molar refractivity (Wildman–Crippen MR) is 85.0 cm³/mol. The normalized spacial score (nSPS) is 14.9. The molecule has 0 atom stereocenters. The van der Waals surface area contributed by atoms with Crippen molar-refractivity contribution in [2.75, 3.05) is 20.3 Å². The fraction of sp³-hybridized carbons (Fsp3) is 0.588. The van der Waals surface area contributed by atoms with Gasteiger partial charge < -0.3 is 14.8 Å². The van der Waals surface area contributed by atoms with Crippen molar-refractivity contribution in [1.29, 1.82) is 0 Å². The molecule has 1 fully saturated rings. The number of aryl methyl sites for hydroxylation is 1. The molecule has 118 valence electrons. The Hall–Kier alpha value is -1.55. The van der Waals surface area contributed by atoms with Crippen LogP contribution in [0.25, 0.3) is 0 Å². The molecule has 1 aliphatic heterocycles. The van der Waals surface area contributed by atoms with Crippen molar-refractivity contribution >= 4 is 5.91 Å². The van der Waals surface area contributed by atoms with E-state index >= 15 is 0 Å². The number of benzene rings is 1. The van der Waals surface area contributed by atoms with Crippen molar-refractivity contribution in [3.63, 3.8) is 0 Å². The first-order valence-electron chi connectivity index (χ1n) is 7.80. The molecule has 1 heterocycles. The number of carbonyl (C=O) groups excluding carboxylic acids is 1. The summed E-state index contributed by atoms with van der Waals surface area (Å²) in [4.78, 5) is 12.3. The number of hydrogen-bond acceptors (Lipinski definition) is 3. The summed E-state index contributed by atoms with van der Waals surface area (Å²) in [5.74, 6) is 0.579. The Balaban J connectivity index is 0.00000106. The summed E-state index contributed by atoms with van der Waals surface area (Å²) in [6.07, 6.45) is 2.68. The van der Waals surface area contributed by atoms with Crippen molar-refractivity contribution in [1.82, 2.24) is 5.32 Å². The van der Waals surface area contributed by atoms with Crippen LogP contribution in [0.4, 0.5) is 0 Å². The molecular formula is C17H27NO3. The van der Waals surface area contributed by atoms with E-state index in [-0.39, 0.29) is 11.9 Å². The van der Waals surface area contributed by atoms with E-state index in [9.17, 15) is 4.79 Å². The second kappa shape index (κ2) is 9.40. The van der Waals surface area contributed by atoms with Gasteiger partial charge >= 0.3 is 0 Å². The summed E-state index contributed by atoms with van der Waals surface area (Å²) in [5, 5.41) is 3.05. The molecular weight excluding hydrogens is 266 g/mol. The standard InChI is InChI=1S/C15H21NO3.C2H6/c1-3-11-4-5-13(14(10-11)18-2)15(17)16-12-6-8-19-9-7-12;1-2/h4-5,10,12H,3,6-9H2,1-2H3,(H,16,17);1-2H3. The number of amides is 1. The van der Waals surface area contributed by atoms with Crippen molar-refractivity contribution < 1.29 is 14.3 Å². The van der Waals surface area contributed by atoms with Crippen molar-refractivity contribution in [2.45, 2.75) is 46.1 Å². The van der Waals surface area contributed by atoms with Crippen LogP contribution >= 0.6 is 0 Å². The topological polar surface area (TPSA) is 47.6 Å². The molecule has 1 N–H and O–H groups in total. The van der Waals surface area contributed by atoms with Gasteiger partial charge in [-0.1, -0.05) is 26.8 Å². The number of nitrogens with one attached hydrogen (secondary N) is 1. The van der Waals surface area contributed by atoms with Gasteiger partial charge in [0.1, 0.15) is 5.75 Å². The van der Waals surface area contributed by atoms with E-state index in [1.807, 2.05) is 32.0 Å². The van der Waals surface area contributed by atoms with Crippen LogP contribution < -0.4 is 10.1 Å². The Morgan fingerprint density at radius 1 is 1.33 bits per heavy atom. The van der Waals surface area contributed by atoms with Gasteiger partial charge in [-0.3, -0.25) is 4.79 Å². The van der Waals surface area contributed by atoms with Crippen LogP contribution in [-0.4, -0.2) is 32.3 Å². The van der Waals surface area contributed by atoms with Gasteiger partial charge in [-0.25, -0.2) is 0 Å². The van der Waals surface area contributed by atoms with E-state index < -0.39 is 0 Å². The summed E-state index contributed by atoms with van der Waals surface area (Å²) in [6.45, 7) is 7.52. The number of carbonyl (C=O) groups is 1. The summed E-state index contributed by atoms with van der Waals surface area (Å²) >= 11 is 0. The second-order valence-corrected chi connectivity index (χ2v) is 4.75. The Morgan fingerprint density at radius 2 is 2.00 bits per heavy atom. The van der Waals surface area contributed by atoms with E-state index in [1.54, 1.807) is 7.11 Å². The smallest absolute Gasteiger partial charge is 0.255 e. The highest BCUT2D eigenvalue weighted by molar-refractivity contribution is 5.97. The number of ether oxygens (including phenoxy) is 2. The van der Waals surface area contributed by atoms with Crippen molar-refractivity contribution in [2.24, 2.45) is 0 Å². The van der Waals surface area contributed by atoms with Crippen LogP contribution in [0, 0.1) is 0 Å². The zero-order valence-electron chi connectivity index (χ0n) is 13.6. The van der Waals surface area contributed by atoms with Gasteiger partial charge in [-0.2, -0.15) is 0 Å². The number of rotatable bonds is 4. The van der Waals surface area contributed by atoms with Gasteiger partial charge in [-0.15, -0.1) is 0 Å². The Kier molecular flexibility index (Phi) is 7.83. The zero-order valence-corrected chi connectivity index (χ0v) is 13.6. The third-order valence-electron chi connectivity index (χ3n) is 3.48. The number of methoxy groups -OCH3 is 1. The fourth-order valence-corrected chi connectivity index (χ4v) is 2.25. The maximum atomic E-state index is 12.3. The molecule has 2 rings (SSSR count). The van der Waals surface area contributed by atoms with E-state index in [2.05, 4.69) is 12.2 Å². The van der Waals surface area contributed by atoms with Crippen LogP contribution in [0.3, 0.4) is 0 Å². The molecule has 1 saturated heterocycles. The monoisotopic (exact) mass is 293 g/mol. The van der Waals surface area contributed by atoms with E-state index in [0.717, 1.165) is 32.5 Å². The van der Waals surface area contributed by atoms with E-state index in [4.69, 9.17) is 9.47 Å². The highest BCUT2D eigenvalue weighted by Crippen LogP contribution is 2.21. The van der Waals surface area contributed by atoms with Gasteiger partial charge in [0.2, 0.25) is 0 Å². The minimum Gasteiger partial charge on any atom is -0.496 e. The van der Waals surface area contributed by atoms with Gasteiger partial charge in [-0.05, 0) is 37.0 Å². The van der Waals surface area contributed by atoms with Crippen LogP contribution in [0.15, 0.2) is 18.2 Å². The maximum Gasteiger partial charge on any atom is 0.255 e. The lowest BCUT2D eigenvalue weighted by atomic mass is 10.1. The third-order valence-corrected chi connectivity index (χ3v) is 3.48. The quantitative estimate of drug-likeness (QED) is 0.927. The first-order chi connectivity index (χ1) is 10.2. The van der Waals surface area contributed by atoms with Crippen molar-refractivity contribution in [3.05, 3.63) is 29.3 Å². The highest BCUT2D eigenvalue weighted by atomic mass is 16.5. The number of hydrogen-bond donors (Lipinski definition) is 1. The van der Waals surface area contributed by atoms with E-state index in [1.165, 1.54) is 5.56 Å². The van der Waals surface area contributed by atoms with Crippen LogP contribution in [-0.2, 0) is 11.2 Å². The first kappa shape index (κ1) is 17.5. The first-order valence-corrected chi connectivity index (χ1v) is 7.80. The molecule has 1 aliphatic rings. The summed E-state index contributed by atoms with van der Waals surface area (Å²) in [5.41, 5.74) is 1.77. The van der Waals surface area contributed by atoms with E-state index in [0.29, 0.717) is 11.3 Å². The summed E-state index contributed by atoms with van der Waals surface area (Å²) in [7, 11) is 1.60. The maximum absolute atomic E-state index is 12.3. The molecule has 4 nitrogen and oxygen atoms in total. The van der Waals surface area contributed by atoms with Crippen LogP contribution in [0.5, 0.6) is 5.75 Å². The largest absolute Gasteiger partial charge is 0.496 e. The van der Waals surface area contributed by atoms with Crippen LogP contribution in [0.1, 0.15) is 49.5 Å².